The van der Waals surface area contributed by atoms with Gasteiger partial charge in [0, 0.05) is 43.2 Å². The van der Waals surface area contributed by atoms with E-state index in [9.17, 15) is 39.5 Å². The Labute approximate surface area is 186 Å². The molecule has 0 amide bonds. The van der Waals surface area contributed by atoms with Crippen LogP contribution in [0.15, 0.2) is 36.7 Å². The van der Waals surface area contributed by atoms with Crippen molar-refractivity contribution in [2.75, 3.05) is 13.6 Å². The second-order valence-electron chi connectivity index (χ2n) is 6.30. The summed E-state index contributed by atoms with van der Waals surface area (Å²) >= 11 is 0. The number of likely N-dealkylation sites (N-methyl/N-ethyl adjacent to an activating group) is 1. The molecule has 0 bridgehead atoms. The molecule has 15 heteroatoms. The summed E-state index contributed by atoms with van der Waals surface area (Å²) in [6, 6.07) is 5.18. The zero-order valence-corrected chi connectivity index (χ0v) is 17.1. The van der Waals surface area contributed by atoms with Gasteiger partial charge in [0.2, 0.25) is 0 Å². The minimum absolute atomic E-state index is 0.0792. The molecule has 0 fully saturated rings. The van der Waals surface area contributed by atoms with Crippen molar-refractivity contribution in [3.8, 4) is 0 Å². The molecule has 0 aliphatic heterocycles. The first kappa shape index (κ1) is 30.6. The van der Waals surface area contributed by atoms with Crippen molar-refractivity contribution >= 4 is 11.9 Å². The van der Waals surface area contributed by atoms with Crippen molar-refractivity contribution in [1.82, 2.24) is 9.88 Å². The lowest BCUT2D eigenvalue weighted by molar-refractivity contribution is -0.193. The molecule has 2 rings (SSSR count). The molecule has 2 N–H and O–H groups in total. The number of alkyl halides is 6. The highest BCUT2D eigenvalue weighted by Gasteiger charge is 2.38. The second-order valence-corrected chi connectivity index (χ2v) is 6.30. The van der Waals surface area contributed by atoms with Gasteiger partial charge in [-0.1, -0.05) is 6.07 Å². The fourth-order valence-corrected chi connectivity index (χ4v) is 2.00. The third kappa shape index (κ3) is 12.6. The number of rotatable bonds is 5. The Morgan fingerprint density at radius 3 is 1.74 bits per heavy atom. The molecule has 0 atom stereocenters. The number of hydrogen-bond acceptors (Lipinski definition) is 4. The van der Waals surface area contributed by atoms with Crippen LogP contribution in [-0.4, -0.2) is 58.0 Å². The predicted molar refractivity (Wildman–Crippen MR) is 98.0 cm³/mol. The molecule has 0 aliphatic carbocycles. The van der Waals surface area contributed by atoms with E-state index >= 15 is 0 Å². The maximum Gasteiger partial charge on any atom is 0.490 e. The van der Waals surface area contributed by atoms with Crippen LogP contribution in [0.3, 0.4) is 0 Å². The number of aromatic nitrogens is 1. The first-order chi connectivity index (χ1) is 15.4. The summed E-state index contributed by atoms with van der Waals surface area (Å²) in [4.78, 5) is 23.7. The summed E-state index contributed by atoms with van der Waals surface area (Å²) in [7, 11) is 1.85. The van der Waals surface area contributed by atoms with E-state index in [0.717, 1.165) is 5.56 Å². The number of hydrogen-bond donors (Lipinski definition) is 2. The normalized spacial score (nSPS) is 11.1. The third-order valence-corrected chi connectivity index (χ3v) is 3.51. The Morgan fingerprint density at radius 2 is 1.38 bits per heavy atom. The average Bonchev–Trinajstić information content (AvgIpc) is 2.67. The lowest BCUT2D eigenvalue weighted by Gasteiger charge is -2.16. The van der Waals surface area contributed by atoms with Crippen LogP contribution in [0.2, 0.25) is 0 Å². The molecule has 0 saturated heterocycles. The summed E-state index contributed by atoms with van der Waals surface area (Å²) in [5.74, 6) is -8.08. The van der Waals surface area contributed by atoms with E-state index in [1.165, 1.54) is 0 Å². The lowest BCUT2D eigenvalue weighted by atomic mass is 10.1. The molecule has 34 heavy (non-hydrogen) atoms. The van der Waals surface area contributed by atoms with E-state index in [0.29, 0.717) is 25.2 Å². The number of pyridine rings is 1. The zero-order valence-electron chi connectivity index (χ0n) is 17.1. The van der Waals surface area contributed by atoms with E-state index in [-0.39, 0.29) is 12.0 Å². The molecule has 0 unspecified atom stereocenters. The number of carboxylic acids is 2. The monoisotopic (exact) mass is 508 g/mol. The highest BCUT2D eigenvalue weighted by molar-refractivity contribution is 5.73. The van der Waals surface area contributed by atoms with Gasteiger partial charge >= 0.3 is 24.3 Å². The molecule has 1 aromatic heterocycles. The molecule has 0 radical (unpaired) electrons. The summed E-state index contributed by atoms with van der Waals surface area (Å²) in [6.45, 7) is 1.10. The topological polar surface area (TPSA) is 90.7 Å². The molecule has 1 aromatic carbocycles. The molecule has 0 aliphatic rings. The van der Waals surface area contributed by atoms with E-state index in [1.807, 2.05) is 24.1 Å². The van der Waals surface area contributed by atoms with Crippen LogP contribution in [0, 0.1) is 17.5 Å². The zero-order chi connectivity index (χ0) is 26.7. The predicted octanol–water partition coefficient (Wildman–Crippen LogP) is 4.44. The van der Waals surface area contributed by atoms with Crippen molar-refractivity contribution in [3.63, 3.8) is 0 Å². The smallest absolute Gasteiger partial charge is 0.475 e. The Bertz CT molecular complexity index is 889. The molecular weight excluding hydrogens is 491 g/mol. The Kier molecular flexibility index (Phi) is 12.1. The molecule has 1 heterocycles. The van der Waals surface area contributed by atoms with Gasteiger partial charge in [0.05, 0.1) is 0 Å². The first-order valence-electron chi connectivity index (χ1n) is 8.76. The first-order valence-corrected chi connectivity index (χ1v) is 8.76. The highest BCUT2D eigenvalue weighted by Crippen LogP contribution is 2.16. The van der Waals surface area contributed by atoms with Crippen molar-refractivity contribution < 1.29 is 59.3 Å². The lowest BCUT2D eigenvalue weighted by Crippen LogP contribution is -2.21. The van der Waals surface area contributed by atoms with Gasteiger partial charge in [0.1, 0.15) is 17.5 Å². The van der Waals surface area contributed by atoms with Crippen LogP contribution < -0.4 is 0 Å². The quantitative estimate of drug-likeness (QED) is 0.581. The average molecular weight is 508 g/mol. The van der Waals surface area contributed by atoms with Gasteiger partial charge in [0.15, 0.2) is 0 Å². The van der Waals surface area contributed by atoms with Gasteiger partial charge in [-0.2, -0.15) is 26.3 Å². The minimum atomic E-state index is -5.08. The van der Waals surface area contributed by atoms with E-state index < -0.39 is 41.7 Å². The number of aliphatic carboxylic acids is 2. The summed E-state index contributed by atoms with van der Waals surface area (Å²) < 4.78 is 103. The summed E-state index contributed by atoms with van der Waals surface area (Å²) in [5.41, 5.74) is 0.944. The van der Waals surface area contributed by atoms with Crippen molar-refractivity contribution in [2.24, 2.45) is 0 Å². The fourth-order valence-electron chi connectivity index (χ4n) is 2.00. The fraction of sp³-hybridized carbons (Fsp3) is 0.316. The van der Waals surface area contributed by atoms with Crippen LogP contribution >= 0.6 is 0 Å². The van der Waals surface area contributed by atoms with E-state index in [4.69, 9.17) is 19.8 Å². The minimum Gasteiger partial charge on any atom is -0.475 e. The van der Waals surface area contributed by atoms with Crippen LogP contribution in [0.4, 0.5) is 39.5 Å². The molecule has 2 aromatic rings. The Balaban J connectivity index is 0.000000642. The number of carbonyl (C=O) groups is 2. The van der Waals surface area contributed by atoms with Gasteiger partial charge in [-0.25, -0.2) is 22.8 Å². The van der Waals surface area contributed by atoms with Crippen LogP contribution in [0.5, 0.6) is 0 Å². The number of carboxylic acid groups (broad SMARTS) is 2. The number of benzene rings is 1. The molecule has 190 valence electrons. The van der Waals surface area contributed by atoms with E-state index in [2.05, 4.69) is 4.98 Å². The second kappa shape index (κ2) is 13.4. The van der Waals surface area contributed by atoms with E-state index in [1.54, 1.807) is 12.4 Å². The maximum atomic E-state index is 13.5. The SMILES string of the molecule is CN(CCc1c(F)cc(F)cc1F)Cc1cccnc1.O=C(O)C(F)(F)F.O=C(O)C(F)(F)F. The van der Waals surface area contributed by atoms with Crippen LogP contribution in [0.25, 0.3) is 0 Å². The van der Waals surface area contributed by atoms with Gasteiger partial charge in [0.25, 0.3) is 0 Å². The van der Waals surface area contributed by atoms with Crippen molar-refractivity contribution in [2.45, 2.75) is 25.3 Å². The summed E-state index contributed by atoms with van der Waals surface area (Å²) in [5, 5.41) is 14.2. The Hall–Kier alpha value is -3.36. The van der Waals surface area contributed by atoms with Gasteiger partial charge in [-0.15, -0.1) is 0 Å². The molecule has 0 saturated carbocycles. The van der Waals surface area contributed by atoms with Crippen molar-refractivity contribution in [1.29, 1.82) is 0 Å². The standard InChI is InChI=1S/C15H15F3N2.2C2HF3O2/c1-20(10-11-3-2-5-19-9-11)6-4-13-14(17)7-12(16)8-15(13)18;2*3-2(4,5)1(6)7/h2-3,5,7-9H,4,6,10H2,1H3;2*(H,6,7). The van der Waals surface area contributed by atoms with Gasteiger partial charge in [-0.05, 0) is 25.1 Å². The molecule has 6 nitrogen and oxygen atoms in total. The van der Waals surface area contributed by atoms with Crippen LogP contribution in [-0.2, 0) is 22.6 Å². The van der Waals surface area contributed by atoms with Crippen molar-refractivity contribution in [3.05, 3.63) is 65.2 Å². The Morgan fingerprint density at radius 1 is 0.941 bits per heavy atom. The molecule has 0 spiro atoms. The third-order valence-electron chi connectivity index (χ3n) is 3.51. The number of nitrogens with zero attached hydrogens (tertiary/aromatic N) is 2. The number of halogens is 9. The molecular formula is C19H17F9N2O4. The highest BCUT2D eigenvalue weighted by atomic mass is 19.4. The van der Waals surface area contributed by atoms with Crippen LogP contribution in [0.1, 0.15) is 11.1 Å². The van der Waals surface area contributed by atoms with Gasteiger partial charge < -0.3 is 15.1 Å². The largest absolute Gasteiger partial charge is 0.490 e. The summed E-state index contributed by atoms with van der Waals surface area (Å²) in [6.07, 6.45) is -6.54. The van der Waals surface area contributed by atoms with Gasteiger partial charge in [-0.3, -0.25) is 4.98 Å². The maximum absolute atomic E-state index is 13.5.